The predicted molar refractivity (Wildman–Crippen MR) is 120 cm³/mol. The highest BCUT2D eigenvalue weighted by atomic mass is 32.2. The van der Waals surface area contributed by atoms with Crippen molar-refractivity contribution in [1.82, 2.24) is 9.55 Å². The van der Waals surface area contributed by atoms with E-state index in [0.29, 0.717) is 22.9 Å². The van der Waals surface area contributed by atoms with Crippen molar-refractivity contribution in [3.05, 3.63) is 23.8 Å². The van der Waals surface area contributed by atoms with E-state index in [1.165, 1.54) is 32.6 Å². The van der Waals surface area contributed by atoms with Crippen LogP contribution in [0.25, 0.3) is 11.0 Å². The first kappa shape index (κ1) is 20.9. The Hall–Kier alpha value is -2.35. The third kappa shape index (κ3) is 4.53. The van der Waals surface area contributed by atoms with Gasteiger partial charge in [0.25, 0.3) is 0 Å². The van der Waals surface area contributed by atoms with Crippen LogP contribution in [0.5, 0.6) is 0 Å². The third-order valence-corrected chi connectivity index (χ3v) is 6.75. The van der Waals surface area contributed by atoms with E-state index < -0.39 is 0 Å². The average Bonchev–Trinajstić information content (AvgIpc) is 3.25. The molecule has 1 unspecified atom stereocenters. The minimum absolute atomic E-state index is 0.0964. The zero-order valence-corrected chi connectivity index (χ0v) is 18.3. The molecule has 30 heavy (non-hydrogen) atoms. The highest BCUT2D eigenvalue weighted by Gasteiger charge is 2.24. The summed E-state index contributed by atoms with van der Waals surface area (Å²) in [6.45, 7) is 4.18. The third-order valence-electron chi connectivity index (χ3n) is 5.80. The maximum atomic E-state index is 12.9. The molecule has 4 rings (SSSR count). The topological polar surface area (TPSA) is 85.6 Å². The first-order chi connectivity index (χ1) is 14.5. The van der Waals surface area contributed by atoms with E-state index in [1.54, 1.807) is 30.0 Å². The van der Waals surface area contributed by atoms with Crippen molar-refractivity contribution < 1.29 is 14.3 Å². The Balaban J connectivity index is 1.61. The van der Waals surface area contributed by atoms with E-state index in [-0.39, 0.29) is 18.0 Å². The number of carbonyl (C=O) groups excluding carboxylic acids is 2. The largest absolute Gasteiger partial charge is 0.459 e. The summed E-state index contributed by atoms with van der Waals surface area (Å²) in [7, 11) is 0. The van der Waals surface area contributed by atoms with Crippen LogP contribution >= 0.6 is 11.8 Å². The second-order valence-corrected chi connectivity index (χ2v) is 9.09. The molecule has 1 amide bonds. The molecule has 7 nitrogen and oxygen atoms in total. The first-order valence-electron chi connectivity index (χ1n) is 10.7. The van der Waals surface area contributed by atoms with Gasteiger partial charge in [-0.1, -0.05) is 37.4 Å². The summed E-state index contributed by atoms with van der Waals surface area (Å²) < 4.78 is 7.66. The monoisotopic (exact) mass is 428 g/mol. The Bertz CT molecular complexity index is 976. The molecule has 0 spiro atoms. The normalized spacial score (nSPS) is 18.7. The summed E-state index contributed by atoms with van der Waals surface area (Å²) in [4.78, 5) is 33.6. The molecule has 8 heteroatoms. The van der Waals surface area contributed by atoms with Crippen molar-refractivity contribution >= 4 is 45.8 Å². The van der Waals surface area contributed by atoms with Crippen LogP contribution in [-0.2, 0) is 9.53 Å². The second kappa shape index (κ2) is 9.20. The Kier molecular flexibility index (Phi) is 6.41. The molecule has 2 aromatic rings. The van der Waals surface area contributed by atoms with Gasteiger partial charge in [0.05, 0.1) is 23.1 Å². The molecule has 1 aliphatic carbocycles. The lowest BCUT2D eigenvalue weighted by Crippen LogP contribution is -2.24. The minimum atomic E-state index is -0.316. The van der Waals surface area contributed by atoms with Crippen molar-refractivity contribution in [3.8, 4) is 0 Å². The number of imidazole rings is 1. The van der Waals surface area contributed by atoms with Crippen molar-refractivity contribution in [1.29, 1.82) is 0 Å². The van der Waals surface area contributed by atoms with Gasteiger partial charge in [-0.2, -0.15) is 0 Å². The molecule has 0 saturated heterocycles. The van der Waals surface area contributed by atoms with Crippen LogP contribution in [0.4, 0.5) is 5.95 Å². The molecule has 1 fully saturated rings. The SMILES string of the molecule is CC(=O)Nc1nc2ccc(C(=O)OC(C)C3CCCCCC3)cc2n1C1=NCCS1. The molecule has 1 aromatic carbocycles. The van der Waals surface area contributed by atoms with E-state index in [2.05, 4.69) is 15.3 Å². The standard InChI is InChI=1S/C22H28N4O3S/c1-14(16-7-5-3-4-6-8-16)29-20(28)17-9-10-18-19(13-17)26(22-23-11-12-30-22)21(25-18)24-15(2)27/h9-10,13-14,16H,3-8,11-12H2,1-2H3,(H,24,25,27). The summed E-state index contributed by atoms with van der Waals surface area (Å²) in [5.74, 6) is 1.22. The van der Waals surface area contributed by atoms with Crippen molar-refractivity contribution in [2.24, 2.45) is 10.9 Å². The number of nitrogens with zero attached hydrogens (tertiary/aromatic N) is 3. The van der Waals surface area contributed by atoms with E-state index >= 15 is 0 Å². The van der Waals surface area contributed by atoms with Crippen LogP contribution < -0.4 is 5.32 Å². The summed E-state index contributed by atoms with van der Waals surface area (Å²) in [5, 5.41) is 3.55. The van der Waals surface area contributed by atoms with Gasteiger partial charge in [0, 0.05) is 12.7 Å². The van der Waals surface area contributed by atoms with Gasteiger partial charge in [-0.3, -0.25) is 19.7 Å². The smallest absolute Gasteiger partial charge is 0.338 e. The number of aromatic nitrogens is 2. The highest BCUT2D eigenvalue weighted by molar-refractivity contribution is 8.14. The van der Waals surface area contributed by atoms with Crippen LogP contribution in [0.3, 0.4) is 0 Å². The number of esters is 1. The lowest BCUT2D eigenvalue weighted by atomic mass is 9.95. The molecule has 1 atom stereocenters. The Labute approximate surface area is 180 Å². The molecular weight excluding hydrogens is 400 g/mol. The molecule has 1 saturated carbocycles. The Morgan fingerprint density at radius 1 is 1.23 bits per heavy atom. The first-order valence-corrected chi connectivity index (χ1v) is 11.7. The number of carbonyl (C=O) groups is 2. The van der Waals surface area contributed by atoms with Gasteiger partial charge in [-0.05, 0) is 43.9 Å². The van der Waals surface area contributed by atoms with Crippen molar-refractivity contribution in [2.45, 2.75) is 58.5 Å². The highest BCUT2D eigenvalue weighted by Crippen LogP contribution is 2.29. The predicted octanol–water partition coefficient (Wildman–Crippen LogP) is 4.46. The number of anilines is 1. The van der Waals surface area contributed by atoms with Crippen LogP contribution in [0.15, 0.2) is 23.2 Å². The molecule has 2 aliphatic rings. The molecule has 1 aromatic heterocycles. The molecule has 160 valence electrons. The number of benzene rings is 1. The fourth-order valence-corrected chi connectivity index (χ4v) is 5.07. The quantitative estimate of drug-likeness (QED) is 0.574. The molecular formula is C22H28N4O3S. The second-order valence-electron chi connectivity index (χ2n) is 8.03. The number of hydrogen-bond acceptors (Lipinski definition) is 6. The number of ether oxygens (including phenoxy) is 1. The van der Waals surface area contributed by atoms with Crippen LogP contribution in [0, 0.1) is 5.92 Å². The molecule has 0 bridgehead atoms. The fraction of sp³-hybridized carbons (Fsp3) is 0.545. The number of aliphatic imine (C=N–C) groups is 1. The van der Waals surface area contributed by atoms with Crippen LogP contribution in [0.2, 0.25) is 0 Å². The Morgan fingerprint density at radius 2 is 2.00 bits per heavy atom. The fourth-order valence-electron chi connectivity index (χ4n) is 4.21. The molecule has 1 aliphatic heterocycles. The van der Waals surface area contributed by atoms with Gasteiger partial charge >= 0.3 is 5.97 Å². The molecule has 2 heterocycles. The van der Waals surface area contributed by atoms with E-state index in [0.717, 1.165) is 35.8 Å². The number of fused-ring (bicyclic) bond motifs is 1. The number of rotatable bonds is 4. The van der Waals surface area contributed by atoms with Crippen LogP contribution in [-0.4, -0.2) is 45.0 Å². The van der Waals surface area contributed by atoms with E-state index in [9.17, 15) is 9.59 Å². The summed E-state index contributed by atoms with van der Waals surface area (Å²) >= 11 is 1.61. The zero-order chi connectivity index (χ0) is 21.1. The van der Waals surface area contributed by atoms with E-state index in [1.807, 2.05) is 11.5 Å². The Morgan fingerprint density at radius 3 is 2.67 bits per heavy atom. The molecule has 0 radical (unpaired) electrons. The van der Waals surface area contributed by atoms with Gasteiger partial charge in [-0.25, -0.2) is 9.78 Å². The van der Waals surface area contributed by atoms with Crippen molar-refractivity contribution in [3.63, 3.8) is 0 Å². The average molecular weight is 429 g/mol. The number of thioether (sulfide) groups is 1. The van der Waals surface area contributed by atoms with Gasteiger partial charge in [-0.15, -0.1) is 0 Å². The minimum Gasteiger partial charge on any atom is -0.459 e. The van der Waals surface area contributed by atoms with E-state index in [4.69, 9.17) is 4.74 Å². The number of hydrogen-bond donors (Lipinski definition) is 1. The number of amides is 1. The summed E-state index contributed by atoms with van der Waals surface area (Å²) in [6.07, 6.45) is 7.12. The summed E-state index contributed by atoms with van der Waals surface area (Å²) in [5.41, 5.74) is 1.92. The van der Waals surface area contributed by atoms with Gasteiger partial charge in [0.15, 0.2) is 5.17 Å². The van der Waals surface area contributed by atoms with Gasteiger partial charge in [0.1, 0.15) is 6.10 Å². The maximum Gasteiger partial charge on any atom is 0.338 e. The summed E-state index contributed by atoms with van der Waals surface area (Å²) in [6, 6.07) is 5.32. The lowest BCUT2D eigenvalue weighted by molar-refractivity contribution is -0.114. The maximum absolute atomic E-state index is 12.9. The lowest BCUT2D eigenvalue weighted by Gasteiger charge is -2.22. The number of nitrogens with one attached hydrogen (secondary N) is 1. The van der Waals surface area contributed by atoms with Crippen molar-refractivity contribution in [2.75, 3.05) is 17.6 Å². The van der Waals surface area contributed by atoms with Gasteiger partial charge < -0.3 is 4.74 Å². The zero-order valence-electron chi connectivity index (χ0n) is 17.5. The molecule has 1 N–H and O–H groups in total. The van der Waals surface area contributed by atoms with Gasteiger partial charge in [0.2, 0.25) is 11.9 Å². The van der Waals surface area contributed by atoms with Crippen LogP contribution in [0.1, 0.15) is 62.7 Å².